The summed E-state index contributed by atoms with van der Waals surface area (Å²) < 4.78 is 17.6. The van der Waals surface area contributed by atoms with Crippen LogP contribution in [0.5, 0.6) is 0 Å². The summed E-state index contributed by atoms with van der Waals surface area (Å²) in [6, 6.07) is 4.09. The van der Waals surface area contributed by atoms with Crippen molar-refractivity contribution in [3.8, 4) is 0 Å². The SMILES string of the molecule is CC(C)C(NC(=O)OCc1ccccc1Cl)C(=O)NC(CC(=O)O)C(=O)CF. The van der Waals surface area contributed by atoms with Crippen molar-refractivity contribution in [2.45, 2.75) is 39.0 Å². The summed E-state index contributed by atoms with van der Waals surface area (Å²) in [5, 5.41) is 13.7. The highest BCUT2D eigenvalue weighted by Crippen LogP contribution is 2.15. The molecule has 1 aromatic carbocycles. The van der Waals surface area contributed by atoms with Crippen molar-refractivity contribution in [2.75, 3.05) is 6.67 Å². The number of alkyl halides is 1. The number of Topliss-reactive ketones (excluding diaryl/α,β-unsaturated/α-hetero) is 1. The molecule has 0 spiro atoms. The number of alkyl carbamates (subject to hydrolysis) is 1. The number of carbonyl (C=O) groups excluding carboxylic acids is 3. The smallest absolute Gasteiger partial charge is 0.408 e. The summed E-state index contributed by atoms with van der Waals surface area (Å²) in [5.74, 6) is -3.68. The second-order valence-corrected chi connectivity index (χ2v) is 6.70. The van der Waals surface area contributed by atoms with Gasteiger partial charge in [-0.3, -0.25) is 14.4 Å². The third-order valence-electron chi connectivity index (χ3n) is 3.75. The van der Waals surface area contributed by atoms with Crippen molar-refractivity contribution in [1.82, 2.24) is 10.6 Å². The third-order valence-corrected chi connectivity index (χ3v) is 4.12. The zero-order chi connectivity index (χ0) is 21.3. The summed E-state index contributed by atoms with van der Waals surface area (Å²) in [6.07, 6.45) is -1.67. The molecule has 154 valence electrons. The fraction of sp³-hybridized carbons (Fsp3) is 0.444. The van der Waals surface area contributed by atoms with E-state index in [0.717, 1.165) is 0 Å². The summed E-state index contributed by atoms with van der Waals surface area (Å²) in [5.41, 5.74) is 0.569. The minimum atomic E-state index is -1.53. The molecule has 8 nitrogen and oxygen atoms in total. The zero-order valence-electron chi connectivity index (χ0n) is 15.4. The molecule has 2 atom stereocenters. The fourth-order valence-corrected chi connectivity index (χ4v) is 2.43. The maximum Gasteiger partial charge on any atom is 0.408 e. The highest BCUT2D eigenvalue weighted by atomic mass is 35.5. The second kappa shape index (κ2) is 11.2. The largest absolute Gasteiger partial charge is 0.481 e. The highest BCUT2D eigenvalue weighted by molar-refractivity contribution is 6.31. The monoisotopic (exact) mass is 416 g/mol. The first-order valence-electron chi connectivity index (χ1n) is 8.43. The maximum absolute atomic E-state index is 12.6. The minimum Gasteiger partial charge on any atom is -0.481 e. The van der Waals surface area contributed by atoms with E-state index < -0.39 is 54.8 Å². The number of hydrogen-bond acceptors (Lipinski definition) is 5. The topological polar surface area (TPSA) is 122 Å². The van der Waals surface area contributed by atoms with Crippen LogP contribution in [-0.4, -0.2) is 47.6 Å². The van der Waals surface area contributed by atoms with Crippen LogP contribution in [0.15, 0.2) is 24.3 Å². The van der Waals surface area contributed by atoms with Gasteiger partial charge in [-0.2, -0.15) is 0 Å². The van der Waals surface area contributed by atoms with Crippen LogP contribution >= 0.6 is 11.6 Å². The Morgan fingerprint density at radius 2 is 1.82 bits per heavy atom. The van der Waals surface area contributed by atoms with Gasteiger partial charge in [-0.05, 0) is 12.0 Å². The van der Waals surface area contributed by atoms with Crippen LogP contribution in [-0.2, 0) is 25.7 Å². The number of amides is 2. The van der Waals surface area contributed by atoms with E-state index in [2.05, 4.69) is 10.6 Å². The molecule has 0 aromatic heterocycles. The number of nitrogens with one attached hydrogen (secondary N) is 2. The van der Waals surface area contributed by atoms with Crippen molar-refractivity contribution >= 4 is 35.4 Å². The first kappa shape index (κ1) is 23.4. The Balaban J connectivity index is 2.73. The Labute approximate surface area is 166 Å². The van der Waals surface area contributed by atoms with E-state index in [9.17, 15) is 23.6 Å². The highest BCUT2D eigenvalue weighted by Gasteiger charge is 2.30. The van der Waals surface area contributed by atoms with Gasteiger partial charge in [0, 0.05) is 10.6 Å². The number of carbonyl (C=O) groups is 4. The molecular weight excluding hydrogens is 395 g/mol. The van der Waals surface area contributed by atoms with Crippen LogP contribution in [0.3, 0.4) is 0 Å². The predicted molar refractivity (Wildman–Crippen MR) is 98.6 cm³/mol. The molecule has 3 N–H and O–H groups in total. The number of carboxylic acids is 1. The van der Waals surface area contributed by atoms with E-state index in [-0.39, 0.29) is 6.61 Å². The molecule has 0 aliphatic carbocycles. The molecular formula is C18H22ClFN2O6. The molecule has 28 heavy (non-hydrogen) atoms. The molecule has 0 saturated carbocycles. The van der Waals surface area contributed by atoms with Gasteiger partial charge in [0.15, 0.2) is 5.78 Å². The number of halogens is 2. The van der Waals surface area contributed by atoms with Crippen molar-refractivity contribution in [1.29, 1.82) is 0 Å². The molecule has 0 fully saturated rings. The standard InChI is InChI=1S/C18H22ClFN2O6/c1-10(2)16(17(26)21-13(7-15(24)25)14(23)8-20)22-18(27)28-9-11-5-3-4-6-12(11)19/h3-6,10,13,16H,7-9H2,1-2H3,(H,21,26)(H,22,27)(H,24,25). The average molecular weight is 417 g/mol. The van der Waals surface area contributed by atoms with Crippen LogP contribution in [0.1, 0.15) is 25.8 Å². The van der Waals surface area contributed by atoms with Gasteiger partial charge in [0.2, 0.25) is 5.91 Å². The molecule has 1 aromatic rings. The predicted octanol–water partition coefficient (Wildman–Crippen LogP) is 2.09. The number of rotatable bonds is 10. The van der Waals surface area contributed by atoms with Crippen molar-refractivity contribution in [3.63, 3.8) is 0 Å². The molecule has 0 aliphatic heterocycles. The van der Waals surface area contributed by atoms with Crippen LogP contribution in [0.4, 0.5) is 9.18 Å². The normalized spacial score (nSPS) is 12.8. The van der Waals surface area contributed by atoms with Crippen LogP contribution in [0.25, 0.3) is 0 Å². The van der Waals surface area contributed by atoms with Crippen LogP contribution in [0.2, 0.25) is 5.02 Å². The lowest BCUT2D eigenvalue weighted by atomic mass is 10.0. The van der Waals surface area contributed by atoms with E-state index in [1.54, 1.807) is 38.1 Å². The maximum atomic E-state index is 12.6. The number of hydrogen-bond donors (Lipinski definition) is 3. The minimum absolute atomic E-state index is 0.125. The van der Waals surface area contributed by atoms with Crippen molar-refractivity contribution < 1.29 is 33.4 Å². The Morgan fingerprint density at radius 3 is 2.36 bits per heavy atom. The van der Waals surface area contributed by atoms with E-state index in [1.165, 1.54) is 0 Å². The van der Waals surface area contributed by atoms with Gasteiger partial charge in [0.25, 0.3) is 0 Å². The molecule has 0 aliphatic rings. The molecule has 2 amide bonds. The summed E-state index contributed by atoms with van der Waals surface area (Å²) >= 11 is 5.97. The molecule has 0 bridgehead atoms. The van der Waals surface area contributed by atoms with Gasteiger partial charge in [0.1, 0.15) is 25.4 Å². The first-order chi connectivity index (χ1) is 13.1. The number of aliphatic carboxylic acids is 1. The molecule has 10 heteroatoms. The lowest BCUT2D eigenvalue weighted by molar-refractivity contribution is -0.140. The number of benzene rings is 1. The van der Waals surface area contributed by atoms with Gasteiger partial charge in [-0.25, -0.2) is 9.18 Å². The Kier molecular flexibility index (Phi) is 9.37. The van der Waals surface area contributed by atoms with Crippen LogP contribution < -0.4 is 10.6 Å². The fourth-order valence-electron chi connectivity index (χ4n) is 2.24. The number of carboxylic acid groups (broad SMARTS) is 1. The van der Waals surface area contributed by atoms with Gasteiger partial charge in [-0.1, -0.05) is 43.6 Å². The summed E-state index contributed by atoms with van der Waals surface area (Å²) in [4.78, 5) is 46.7. The van der Waals surface area contributed by atoms with Gasteiger partial charge >= 0.3 is 12.1 Å². The second-order valence-electron chi connectivity index (χ2n) is 6.29. The molecule has 0 saturated heterocycles. The molecule has 1 rings (SSSR count). The molecule has 0 radical (unpaired) electrons. The van der Waals surface area contributed by atoms with E-state index in [4.69, 9.17) is 21.4 Å². The van der Waals surface area contributed by atoms with E-state index >= 15 is 0 Å². The average Bonchev–Trinajstić information content (AvgIpc) is 2.63. The lowest BCUT2D eigenvalue weighted by Crippen LogP contribution is -2.54. The zero-order valence-corrected chi connectivity index (χ0v) is 16.2. The summed E-state index contributed by atoms with van der Waals surface area (Å²) in [7, 11) is 0. The molecule has 0 heterocycles. The Hall–Kier alpha value is -2.68. The Bertz CT molecular complexity index is 728. The van der Waals surface area contributed by atoms with E-state index in [0.29, 0.717) is 10.6 Å². The quantitative estimate of drug-likeness (QED) is 0.537. The van der Waals surface area contributed by atoms with Gasteiger partial charge in [0.05, 0.1) is 6.42 Å². The number of ether oxygens (including phenoxy) is 1. The summed E-state index contributed by atoms with van der Waals surface area (Å²) in [6.45, 7) is 1.71. The third kappa shape index (κ3) is 7.51. The van der Waals surface area contributed by atoms with Gasteiger partial charge in [-0.15, -0.1) is 0 Å². The van der Waals surface area contributed by atoms with Crippen molar-refractivity contribution in [3.05, 3.63) is 34.9 Å². The van der Waals surface area contributed by atoms with Crippen LogP contribution in [0, 0.1) is 5.92 Å². The lowest BCUT2D eigenvalue weighted by Gasteiger charge is -2.24. The molecule has 2 unspecified atom stereocenters. The van der Waals surface area contributed by atoms with Crippen molar-refractivity contribution in [2.24, 2.45) is 5.92 Å². The first-order valence-corrected chi connectivity index (χ1v) is 8.81. The Morgan fingerprint density at radius 1 is 1.18 bits per heavy atom. The number of ketones is 1. The van der Waals surface area contributed by atoms with E-state index in [1.807, 2.05) is 0 Å². The van der Waals surface area contributed by atoms with Gasteiger partial charge < -0.3 is 20.5 Å².